The van der Waals surface area contributed by atoms with E-state index in [4.69, 9.17) is 10.5 Å². The summed E-state index contributed by atoms with van der Waals surface area (Å²) < 4.78 is 5.81. The fourth-order valence-corrected chi connectivity index (χ4v) is 5.50. The van der Waals surface area contributed by atoms with Gasteiger partial charge in [-0.05, 0) is 60.8 Å². The fourth-order valence-electron chi connectivity index (χ4n) is 5.50. The molecule has 3 rings (SSSR count). The second-order valence-electron chi connectivity index (χ2n) is 7.78. The molecule has 1 unspecified atom stereocenters. The molecule has 0 radical (unpaired) electrons. The van der Waals surface area contributed by atoms with E-state index in [0.29, 0.717) is 24.2 Å². The lowest BCUT2D eigenvalue weighted by Gasteiger charge is -2.40. The molecule has 0 aromatic heterocycles. The third-order valence-electron chi connectivity index (χ3n) is 6.44. The number of hydrogen-bond donors (Lipinski definition) is 1. The lowest BCUT2D eigenvalue weighted by atomic mass is 9.68. The average molecular weight is 315 g/mol. The molecule has 2 fully saturated rings. The van der Waals surface area contributed by atoms with E-state index >= 15 is 0 Å². The highest BCUT2D eigenvalue weighted by molar-refractivity contribution is 5.85. The Balaban J connectivity index is 1.94. The number of fused-ring (bicyclic) bond motifs is 2. The van der Waals surface area contributed by atoms with Crippen molar-refractivity contribution in [1.29, 1.82) is 0 Å². The fraction of sp³-hybridized carbons (Fsp3) is 0.650. The monoisotopic (exact) mass is 315 g/mol. The van der Waals surface area contributed by atoms with Crippen molar-refractivity contribution in [3.05, 3.63) is 35.9 Å². The van der Waals surface area contributed by atoms with E-state index in [1.807, 2.05) is 30.3 Å². The van der Waals surface area contributed by atoms with E-state index in [0.717, 1.165) is 17.4 Å². The number of nitrogens with two attached hydrogens (primary N) is 1. The van der Waals surface area contributed by atoms with E-state index in [1.165, 1.54) is 19.3 Å². The minimum absolute atomic E-state index is 0.364. The van der Waals surface area contributed by atoms with Gasteiger partial charge in [-0.15, -0.1) is 0 Å². The van der Waals surface area contributed by atoms with E-state index in [9.17, 15) is 4.79 Å². The van der Waals surface area contributed by atoms with Gasteiger partial charge in [0.1, 0.15) is 0 Å². The first-order valence-electron chi connectivity index (χ1n) is 8.90. The van der Waals surface area contributed by atoms with E-state index in [1.54, 1.807) is 7.11 Å². The highest BCUT2D eigenvalue weighted by Gasteiger charge is 2.53. The highest BCUT2D eigenvalue weighted by atomic mass is 16.5. The van der Waals surface area contributed by atoms with Gasteiger partial charge < -0.3 is 10.5 Å². The summed E-state index contributed by atoms with van der Waals surface area (Å²) >= 11 is 0. The minimum atomic E-state index is -0.996. The average Bonchev–Trinajstić information content (AvgIpc) is 3.14. The predicted octanol–water partition coefficient (Wildman–Crippen LogP) is 3.72. The summed E-state index contributed by atoms with van der Waals surface area (Å²) in [5, 5.41) is 0. The number of primary amides is 1. The third-order valence-corrected chi connectivity index (χ3v) is 6.44. The second kappa shape index (κ2) is 6.27. The first-order chi connectivity index (χ1) is 11.0. The molecule has 0 saturated heterocycles. The van der Waals surface area contributed by atoms with Crippen molar-refractivity contribution in [1.82, 2.24) is 0 Å². The van der Waals surface area contributed by atoms with Crippen molar-refractivity contribution in [2.24, 2.45) is 35.3 Å². The van der Waals surface area contributed by atoms with Crippen LogP contribution in [0.15, 0.2) is 30.3 Å². The molecule has 0 heterocycles. The maximum Gasteiger partial charge on any atom is 0.254 e. The molecular formula is C20H29NO2. The van der Waals surface area contributed by atoms with E-state index < -0.39 is 5.60 Å². The molecule has 5 atom stereocenters. The SMILES string of the molecule is COC(C[C@H]1[C@H]2CC[C@H](C2)[C@@H]1C(C)C)(C(N)=O)c1ccccc1. The molecule has 2 aliphatic carbocycles. The second-order valence-corrected chi connectivity index (χ2v) is 7.78. The summed E-state index contributed by atoms with van der Waals surface area (Å²) in [5.74, 6) is 3.05. The van der Waals surface area contributed by atoms with Gasteiger partial charge in [0.25, 0.3) is 5.91 Å². The van der Waals surface area contributed by atoms with Gasteiger partial charge in [-0.3, -0.25) is 4.79 Å². The van der Waals surface area contributed by atoms with Crippen LogP contribution in [0.1, 0.15) is 45.1 Å². The van der Waals surface area contributed by atoms with Crippen molar-refractivity contribution in [3.63, 3.8) is 0 Å². The molecule has 1 aromatic carbocycles. The van der Waals surface area contributed by atoms with Gasteiger partial charge in [0.05, 0.1) is 0 Å². The molecule has 126 valence electrons. The van der Waals surface area contributed by atoms with Crippen LogP contribution in [0.3, 0.4) is 0 Å². The van der Waals surface area contributed by atoms with Gasteiger partial charge in [0, 0.05) is 7.11 Å². The topological polar surface area (TPSA) is 52.3 Å². The van der Waals surface area contributed by atoms with Gasteiger partial charge in [0.2, 0.25) is 0 Å². The Morgan fingerprint density at radius 2 is 1.91 bits per heavy atom. The summed E-state index contributed by atoms with van der Waals surface area (Å²) in [6.07, 6.45) is 4.69. The molecule has 2 saturated carbocycles. The Morgan fingerprint density at radius 1 is 1.26 bits per heavy atom. The highest BCUT2D eigenvalue weighted by Crippen LogP contribution is 2.57. The molecule has 23 heavy (non-hydrogen) atoms. The van der Waals surface area contributed by atoms with Crippen LogP contribution in [0, 0.1) is 29.6 Å². The molecule has 2 aliphatic rings. The molecule has 2 N–H and O–H groups in total. The van der Waals surface area contributed by atoms with Gasteiger partial charge in [0.15, 0.2) is 5.60 Å². The number of benzene rings is 1. The van der Waals surface area contributed by atoms with Crippen molar-refractivity contribution in [2.75, 3.05) is 7.11 Å². The molecule has 1 aromatic rings. The zero-order valence-electron chi connectivity index (χ0n) is 14.5. The number of ether oxygens (including phenoxy) is 1. The van der Waals surface area contributed by atoms with Crippen LogP contribution in [0.5, 0.6) is 0 Å². The van der Waals surface area contributed by atoms with Crippen molar-refractivity contribution < 1.29 is 9.53 Å². The van der Waals surface area contributed by atoms with E-state index in [2.05, 4.69) is 13.8 Å². The molecule has 3 nitrogen and oxygen atoms in total. The van der Waals surface area contributed by atoms with Crippen LogP contribution >= 0.6 is 0 Å². The summed E-state index contributed by atoms with van der Waals surface area (Å²) in [4.78, 5) is 12.4. The van der Waals surface area contributed by atoms with E-state index in [-0.39, 0.29) is 5.91 Å². The number of carbonyl (C=O) groups is 1. The van der Waals surface area contributed by atoms with Gasteiger partial charge in [-0.25, -0.2) is 0 Å². The number of hydrogen-bond acceptors (Lipinski definition) is 2. The molecule has 3 heteroatoms. The number of carbonyl (C=O) groups excluding carboxylic acids is 1. The Labute approximate surface area is 139 Å². The molecular weight excluding hydrogens is 286 g/mol. The Morgan fingerprint density at radius 3 is 2.48 bits per heavy atom. The van der Waals surface area contributed by atoms with Crippen LogP contribution in [0.25, 0.3) is 0 Å². The number of amides is 1. The standard InChI is InChI=1S/C20H29NO2/c1-13(2)18-15-10-9-14(11-15)17(18)12-20(23-3,19(21)22)16-7-5-4-6-8-16/h4-8,13-15,17-18H,9-12H2,1-3H3,(H2,21,22)/t14-,15+,17-,18-,20?/m0/s1. The summed E-state index contributed by atoms with van der Waals surface area (Å²) in [5.41, 5.74) is 5.74. The third kappa shape index (κ3) is 2.69. The van der Waals surface area contributed by atoms with Gasteiger partial charge in [-0.2, -0.15) is 0 Å². The first kappa shape index (κ1) is 16.5. The maximum absolute atomic E-state index is 12.4. The summed E-state index contributed by atoms with van der Waals surface area (Å²) in [7, 11) is 1.62. The maximum atomic E-state index is 12.4. The molecule has 2 bridgehead atoms. The zero-order valence-corrected chi connectivity index (χ0v) is 14.5. The summed E-state index contributed by atoms with van der Waals surface area (Å²) in [6.45, 7) is 4.64. The normalized spacial score (nSPS) is 32.2. The number of methoxy groups -OCH3 is 1. The van der Waals surface area contributed by atoms with Crippen molar-refractivity contribution in [3.8, 4) is 0 Å². The number of rotatable bonds is 6. The molecule has 0 aliphatic heterocycles. The first-order valence-corrected chi connectivity index (χ1v) is 8.90. The largest absolute Gasteiger partial charge is 0.367 e. The van der Waals surface area contributed by atoms with Gasteiger partial charge in [-0.1, -0.05) is 44.2 Å². The molecule has 1 amide bonds. The predicted molar refractivity (Wildman–Crippen MR) is 91.6 cm³/mol. The Hall–Kier alpha value is -1.35. The van der Waals surface area contributed by atoms with Crippen LogP contribution in [-0.2, 0) is 15.1 Å². The zero-order chi connectivity index (χ0) is 16.6. The smallest absolute Gasteiger partial charge is 0.254 e. The molecule has 0 spiro atoms. The van der Waals surface area contributed by atoms with Crippen LogP contribution < -0.4 is 5.73 Å². The Bertz CT molecular complexity index is 556. The van der Waals surface area contributed by atoms with Crippen molar-refractivity contribution in [2.45, 2.75) is 45.1 Å². The lowest BCUT2D eigenvalue weighted by Crippen LogP contribution is -2.46. The van der Waals surface area contributed by atoms with Crippen molar-refractivity contribution >= 4 is 5.91 Å². The van der Waals surface area contributed by atoms with Gasteiger partial charge >= 0.3 is 0 Å². The van der Waals surface area contributed by atoms with Crippen LogP contribution in [0.2, 0.25) is 0 Å². The quantitative estimate of drug-likeness (QED) is 0.870. The lowest BCUT2D eigenvalue weighted by molar-refractivity contribution is -0.145. The van der Waals surface area contributed by atoms with Crippen LogP contribution in [0.4, 0.5) is 0 Å². The van der Waals surface area contributed by atoms with Crippen LogP contribution in [-0.4, -0.2) is 13.0 Å². The summed E-state index contributed by atoms with van der Waals surface area (Å²) in [6, 6.07) is 9.79. The Kier molecular flexibility index (Phi) is 4.50. The minimum Gasteiger partial charge on any atom is -0.367 e.